The van der Waals surface area contributed by atoms with Gasteiger partial charge in [-0.25, -0.2) is 8.78 Å². The van der Waals surface area contributed by atoms with Gasteiger partial charge in [-0.1, -0.05) is 11.6 Å². The van der Waals surface area contributed by atoms with Crippen LogP contribution >= 0.6 is 0 Å². The van der Waals surface area contributed by atoms with Crippen molar-refractivity contribution in [1.29, 1.82) is 0 Å². The number of nitrogens with zero attached hydrogens (tertiary/aromatic N) is 1. The normalized spacial score (nSPS) is 15.2. The van der Waals surface area contributed by atoms with Crippen LogP contribution in [0.3, 0.4) is 0 Å². The molecular formula is C22H19F2NO3. The van der Waals surface area contributed by atoms with E-state index in [1.165, 1.54) is 0 Å². The lowest BCUT2D eigenvalue weighted by Crippen LogP contribution is -2.40. The lowest BCUT2D eigenvalue weighted by atomic mass is 9.88. The van der Waals surface area contributed by atoms with Crippen molar-refractivity contribution in [2.24, 2.45) is 5.92 Å². The number of furan rings is 1. The van der Waals surface area contributed by atoms with Gasteiger partial charge in [0, 0.05) is 24.4 Å². The Labute approximate surface area is 160 Å². The molecule has 1 saturated heterocycles. The van der Waals surface area contributed by atoms with E-state index < -0.39 is 23.3 Å². The minimum absolute atomic E-state index is 0.225. The highest BCUT2D eigenvalue weighted by Crippen LogP contribution is 2.26. The van der Waals surface area contributed by atoms with Crippen molar-refractivity contribution >= 4 is 22.7 Å². The second-order valence-electron chi connectivity index (χ2n) is 7.21. The molecule has 2 aromatic carbocycles. The monoisotopic (exact) mass is 383 g/mol. The summed E-state index contributed by atoms with van der Waals surface area (Å²) in [5.41, 5.74) is 1.51. The standard InChI is InChI=1S/C22H19F2NO3/c1-13-2-5-19-15(10-13)11-20(28-19)22(27)25-8-6-14(7-9-25)21(26)17-12-16(23)3-4-18(17)24/h2-5,10-12,14H,6-9H2,1H3. The summed E-state index contributed by atoms with van der Waals surface area (Å²) in [5, 5.41) is 0.870. The number of halogens is 2. The number of piperidine rings is 1. The number of hydrogen-bond acceptors (Lipinski definition) is 3. The largest absolute Gasteiger partial charge is 0.451 e. The molecule has 4 nitrogen and oxygen atoms in total. The number of hydrogen-bond donors (Lipinski definition) is 0. The Morgan fingerprint density at radius 1 is 1.04 bits per heavy atom. The van der Waals surface area contributed by atoms with Crippen LogP contribution in [-0.4, -0.2) is 29.7 Å². The number of ketones is 1. The van der Waals surface area contributed by atoms with Crippen LogP contribution in [0.15, 0.2) is 46.9 Å². The maximum atomic E-state index is 13.9. The number of carbonyl (C=O) groups is 2. The van der Waals surface area contributed by atoms with Gasteiger partial charge in [-0.2, -0.15) is 0 Å². The SMILES string of the molecule is Cc1ccc2oc(C(=O)N3CCC(C(=O)c4cc(F)ccc4F)CC3)cc2c1. The lowest BCUT2D eigenvalue weighted by molar-refractivity contribution is 0.0625. The van der Waals surface area contributed by atoms with Crippen LogP contribution in [0.25, 0.3) is 11.0 Å². The lowest BCUT2D eigenvalue weighted by Gasteiger charge is -2.30. The molecule has 0 atom stereocenters. The van der Waals surface area contributed by atoms with Crippen molar-refractivity contribution in [3.63, 3.8) is 0 Å². The molecule has 1 aromatic heterocycles. The fourth-order valence-electron chi connectivity index (χ4n) is 3.68. The third-order valence-corrected chi connectivity index (χ3v) is 5.23. The Morgan fingerprint density at radius 3 is 2.54 bits per heavy atom. The van der Waals surface area contributed by atoms with Gasteiger partial charge in [0.05, 0.1) is 5.56 Å². The molecule has 1 aliphatic rings. The first-order chi connectivity index (χ1) is 13.4. The Kier molecular flexibility index (Phi) is 4.71. The Hall–Kier alpha value is -3.02. The molecule has 0 bridgehead atoms. The number of Topliss-reactive ketones (excluding diaryl/α,β-unsaturated/α-hetero) is 1. The first kappa shape index (κ1) is 18.3. The Bertz CT molecular complexity index is 1060. The molecule has 0 radical (unpaired) electrons. The van der Waals surface area contributed by atoms with Gasteiger partial charge < -0.3 is 9.32 Å². The molecule has 1 aliphatic heterocycles. The molecule has 1 amide bonds. The van der Waals surface area contributed by atoms with E-state index in [-0.39, 0.29) is 17.2 Å². The maximum Gasteiger partial charge on any atom is 0.289 e. The predicted octanol–water partition coefficient (Wildman–Crippen LogP) is 4.75. The van der Waals surface area contributed by atoms with Gasteiger partial charge in [-0.15, -0.1) is 0 Å². The number of amides is 1. The van der Waals surface area contributed by atoms with Gasteiger partial charge >= 0.3 is 0 Å². The summed E-state index contributed by atoms with van der Waals surface area (Å²) < 4.78 is 32.9. The summed E-state index contributed by atoms with van der Waals surface area (Å²) in [6.45, 7) is 2.70. The van der Waals surface area contributed by atoms with E-state index >= 15 is 0 Å². The first-order valence-corrected chi connectivity index (χ1v) is 9.21. The maximum absolute atomic E-state index is 13.9. The van der Waals surface area contributed by atoms with Gasteiger partial charge in [0.25, 0.3) is 5.91 Å². The quantitative estimate of drug-likeness (QED) is 0.613. The Morgan fingerprint density at radius 2 is 1.79 bits per heavy atom. The summed E-state index contributed by atoms with van der Waals surface area (Å²) >= 11 is 0. The summed E-state index contributed by atoms with van der Waals surface area (Å²) in [4.78, 5) is 26.9. The van der Waals surface area contributed by atoms with Gasteiger partial charge in [0.1, 0.15) is 17.2 Å². The van der Waals surface area contributed by atoms with Crippen LogP contribution in [-0.2, 0) is 0 Å². The molecule has 0 spiro atoms. The molecule has 0 aliphatic carbocycles. The van der Waals surface area contributed by atoms with Crippen LogP contribution in [0.5, 0.6) is 0 Å². The second kappa shape index (κ2) is 7.19. The zero-order valence-electron chi connectivity index (χ0n) is 15.4. The molecule has 3 aromatic rings. The molecular weight excluding hydrogens is 364 g/mol. The predicted molar refractivity (Wildman–Crippen MR) is 100 cm³/mol. The Balaban J connectivity index is 1.45. The van der Waals surface area contributed by atoms with Gasteiger partial charge in [0.15, 0.2) is 11.5 Å². The van der Waals surface area contributed by atoms with E-state index in [0.29, 0.717) is 31.5 Å². The smallest absolute Gasteiger partial charge is 0.289 e. The number of rotatable bonds is 3. The van der Waals surface area contributed by atoms with E-state index in [9.17, 15) is 18.4 Å². The van der Waals surface area contributed by atoms with E-state index in [4.69, 9.17) is 4.42 Å². The van der Waals surface area contributed by atoms with Crippen LogP contribution < -0.4 is 0 Å². The van der Waals surface area contributed by atoms with Gasteiger partial charge in [-0.05, 0) is 56.2 Å². The minimum atomic E-state index is -0.720. The molecule has 0 saturated carbocycles. The number of benzene rings is 2. The average Bonchev–Trinajstić information content (AvgIpc) is 3.12. The summed E-state index contributed by atoms with van der Waals surface area (Å²) in [6.07, 6.45) is 0.805. The van der Waals surface area contributed by atoms with Crippen LogP contribution in [0.4, 0.5) is 8.78 Å². The summed E-state index contributed by atoms with van der Waals surface area (Å²) in [5.74, 6) is -2.17. The van der Waals surface area contributed by atoms with E-state index in [1.807, 2.05) is 25.1 Å². The molecule has 2 heterocycles. The van der Waals surface area contributed by atoms with Crippen LogP contribution in [0.1, 0.15) is 39.3 Å². The van der Waals surface area contributed by atoms with Crippen molar-refractivity contribution in [1.82, 2.24) is 4.90 Å². The molecule has 0 unspecified atom stereocenters. The van der Waals surface area contributed by atoms with Crippen molar-refractivity contribution in [2.45, 2.75) is 19.8 Å². The zero-order valence-corrected chi connectivity index (χ0v) is 15.4. The fraction of sp³-hybridized carbons (Fsp3) is 0.273. The number of likely N-dealkylation sites (tertiary alicyclic amines) is 1. The van der Waals surface area contributed by atoms with Crippen molar-refractivity contribution in [2.75, 3.05) is 13.1 Å². The zero-order chi connectivity index (χ0) is 19.8. The number of aryl methyl sites for hydroxylation is 1. The summed E-state index contributed by atoms with van der Waals surface area (Å²) in [6, 6.07) is 10.3. The molecule has 4 rings (SSSR count). The van der Waals surface area contributed by atoms with E-state index in [0.717, 1.165) is 29.1 Å². The molecule has 0 N–H and O–H groups in total. The minimum Gasteiger partial charge on any atom is -0.451 e. The van der Waals surface area contributed by atoms with Crippen molar-refractivity contribution in [3.05, 3.63) is 71.0 Å². The van der Waals surface area contributed by atoms with E-state index in [2.05, 4.69) is 0 Å². The third-order valence-electron chi connectivity index (χ3n) is 5.23. The fourth-order valence-corrected chi connectivity index (χ4v) is 3.68. The number of fused-ring (bicyclic) bond motifs is 1. The summed E-state index contributed by atoms with van der Waals surface area (Å²) in [7, 11) is 0. The molecule has 6 heteroatoms. The second-order valence-corrected chi connectivity index (χ2v) is 7.21. The van der Waals surface area contributed by atoms with E-state index in [1.54, 1.807) is 11.0 Å². The highest BCUT2D eigenvalue weighted by Gasteiger charge is 2.30. The highest BCUT2D eigenvalue weighted by atomic mass is 19.1. The highest BCUT2D eigenvalue weighted by molar-refractivity contribution is 5.99. The van der Waals surface area contributed by atoms with Gasteiger partial charge in [0.2, 0.25) is 0 Å². The first-order valence-electron chi connectivity index (χ1n) is 9.21. The molecule has 1 fully saturated rings. The van der Waals surface area contributed by atoms with Crippen LogP contribution in [0.2, 0.25) is 0 Å². The van der Waals surface area contributed by atoms with Gasteiger partial charge in [-0.3, -0.25) is 9.59 Å². The average molecular weight is 383 g/mol. The topological polar surface area (TPSA) is 50.5 Å². The number of carbonyl (C=O) groups excluding carboxylic acids is 2. The molecule has 144 valence electrons. The van der Waals surface area contributed by atoms with Crippen LogP contribution in [0, 0.1) is 24.5 Å². The molecule has 28 heavy (non-hydrogen) atoms. The van der Waals surface area contributed by atoms with Crippen molar-refractivity contribution in [3.8, 4) is 0 Å². The third kappa shape index (κ3) is 3.42. The van der Waals surface area contributed by atoms with Crippen molar-refractivity contribution < 1.29 is 22.8 Å².